The fraction of sp³-hybridized carbons (Fsp3) is 0. The smallest absolute Gasteiger partial charge is 0.193 e. The van der Waals surface area contributed by atoms with Crippen LogP contribution in [0.3, 0.4) is 0 Å². The molecule has 0 aliphatic rings. The van der Waals surface area contributed by atoms with Gasteiger partial charge < -0.3 is 0 Å². The summed E-state index contributed by atoms with van der Waals surface area (Å²) in [6, 6.07) is 10.6. The molecule has 0 atom stereocenters. The lowest BCUT2D eigenvalue weighted by Gasteiger charge is -2.03. The largest absolute Gasteiger partial charge is 0.289 e. The molecular weight excluding hydrogens is 353 g/mol. The van der Waals surface area contributed by atoms with Gasteiger partial charge in [-0.2, -0.15) is 0 Å². The summed E-state index contributed by atoms with van der Waals surface area (Å²) in [5.41, 5.74) is 0.950. The maximum Gasteiger partial charge on any atom is 0.193 e. The zero-order valence-corrected chi connectivity index (χ0v) is 11.5. The van der Waals surface area contributed by atoms with Gasteiger partial charge in [-0.25, -0.2) is 4.39 Å². The highest BCUT2D eigenvalue weighted by Gasteiger charge is 2.10. The Kier molecular flexibility index (Phi) is 3.79. The zero-order chi connectivity index (χ0) is 12.4. The summed E-state index contributed by atoms with van der Waals surface area (Å²) in [5.74, 6) is -0.523. The molecule has 17 heavy (non-hydrogen) atoms. The zero-order valence-electron chi connectivity index (χ0n) is 8.58. The van der Waals surface area contributed by atoms with Crippen LogP contribution in [0.4, 0.5) is 4.39 Å². The summed E-state index contributed by atoms with van der Waals surface area (Å²) < 4.78 is 13.6. The summed E-state index contributed by atoms with van der Waals surface area (Å²) in [6.07, 6.45) is 0. The number of carbonyl (C=O) groups is 1. The molecule has 2 aromatic carbocycles. The molecule has 0 fully saturated rings. The molecule has 86 valence electrons. The van der Waals surface area contributed by atoms with E-state index in [0.29, 0.717) is 16.1 Å². The lowest BCUT2D eigenvalue weighted by atomic mass is 10.0. The van der Waals surface area contributed by atoms with Crippen molar-refractivity contribution in [3.63, 3.8) is 0 Å². The van der Waals surface area contributed by atoms with Crippen molar-refractivity contribution in [2.45, 2.75) is 0 Å². The molecule has 0 spiro atoms. The summed E-state index contributed by atoms with van der Waals surface area (Å²) in [4.78, 5) is 12.0. The van der Waals surface area contributed by atoms with Gasteiger partial charge in [0.05, 0.1) is 5.02 Å². The van der Waals surface area contributed by atoms with Crippen LogP contribution in [-0.2, 0) is 0 Å². The second-order valence-corrected chi connectivity index (χ2v) is 5.03. The highest BCUT2D eigenvalue weighted by Crippen LogP contribution is 2.21. The van der Waals surface area contributed by atoms with Crippen LogP contribution in [0, 0.1) is 9.39 Å². The Morgan fingerprint density at radius 3 is 2.24 bits per heavy atom. The fourth-order valence-corrected chi connectivity index (χ4v) is 1.92. The Balaban J connectivity index is 2.37. The highest BCUT2D eigenvalue weighted by atomic mass is 127. The van der Waals surface area contributed by atoms with Crippen molar-refractivity contribution in [2.24, 2.45) is 0 Å². The van der Waals surface area contributed by atoms with E-state index < -0.39 is 0 Å². The van der Waals surface area contributed by atoms with Crippen molar-refractivity contribution in [1.82, 2.24) is 0 Å². The van der Waals surface area contributed by atoms with E-state index in [9.17, 15) is 9.18 Å². The predicted molar refractivity (Wildman–Crippen MR) is 74.0 cm³/mol. The van der Waals surface area contributed by atoms with Gasteiger partial charge in [-0.1, -0.05) is 11.6 Å². The van der Waals surface area contributed by atoms with Crippen LogP contribution in [0.1, 0.15) is 15.9 Å². The Morgan fingerprint density at radius 1 is 1.06 bits per heavy atom. The molecule has 2 rings (SSSR count). The molecule has 1 nitrogen and oxygen atoms in total. The first-order valence-corrected chi connectivity index (χ1v) is 6.29. The summed E-state index contributed by atoms with van der Waals surface area (Å²) >= 11 is 8.04. The first-order valence-electron chi connectivity index (χ1n) is 4.83. The average molecular weight is 361 g/mol. The Hall–Kier alpha value is -0.940. The first kappa shape index (κ1) is 12.5. The Bertz CT molecular complexity index is 566. The highest BCUT2D eigenvalue weighted by molar-refractivity contribution is 14.1. The summed E-state index contributed by atoms with van der Waals surface area (Å²) in [5, 5.41) is 0.540. The van der Waals surface area contributed by atoms with E-state index in [1.807, 2.05) is 0 Å². The van der Waals surface area contributed by atoms with Gasteiger partial charge in [0, 0.05) is 14.7 Å². The molecule has 0 saturated carbocycles. The number of halogens is 3. The standard InChI is InChI=1S/C13H7ClFIO/c14-11-7-9(3-6-12(11)16)13(17)8-1-4-10(15)5-2-8/h1-7H. The van der Waals surface area contributed by atoms with Gasteiger partial charge in [-0.05, 0) is 65.1 Å². The molecule has 0 aliphatic carbocycles. The summed E-state index contributed by atoms with van der Waals surface area (Å²) in [7, 11) is 0. The maximum atomic E-state index is 12.7. The predicted octanol–water partition coefficient (Wildman–Crippen LogP) is 4.31. The Labute approximate surface area is 117 Å². The van der Waals surface area contributed by atoms with Crippen molar-refractivity contribution >= 4 is 40.0 Å². The maximum absolute atomic E-state index is 12.7. The van der Waals surface area contributed by atoms with Crippen LogP contribution in [0.15, 0.2) is 42.5 Å². The lowest BCUT2D eigenvalue weighted by molar-refractivity contribution is 0.103. The minimum atomic E-state index is -0.359. The number of hydrogen-bond acceptors (Lipinski definition) is 1. The molecule has 0 unspecified atom stereocenters. The average Bonchev–Trinajstić information content (AvgIpc) is 2.33. The summed E-state index contributed by atoms with van der Waals surface area (Å²) in [6.45, 7) is 0. The van der Waals surface area contributed by atoms with Crippen molar-refractivity contribution in [1.29, 1.82) is 0 Å². The number of hydrogen-bond donors (Lipinski definition) is 0. The monoisotopic (exact) mass is 360 g/mol. The van der Waals surface area contributed by atoms with Gasteiger partial charge in [0.25, 0.3) is 0 Å². The molecule has 4 heteroatoms. The lowest BCUT2D eigenvalue weighted by Crippen LogP contribution is -2.01. The fourth-order valence-electron chi connectivity index (χ4n) is 1.41. The molecule has 0 bridgehead atoms. The van der Waals surface area contributed by atoms with Gasteiger partial charge >= 0.3 is 0 Å². The second-order valence-electron chi connectivity index (χ2n) is 3.46. The number of ketones is 1. The van der Waals surface area contributed by atoms with Crippen LogP contribution < -0.4 is 0 Å². The van der Waals surface area contributed by atoms with Gasteiger partial charge in [-0.15, -0.1) is 0 Å². The molecule has 0 N–H and O–H groups in total. The molecule has 0 aliphatic heterocycles. The minimum Gasteiger partial charge on any atom is -0.289 e. The van der Waals surface area contributed by atoms with Crippen molar-refractivity contribution in [3.8, 4) is 0 Å². The van der Waals surface area contributed by atoms with E-state index in [4.69, 9.17) is 11.6 Å². The Morgan fingerprint density at radius 2 is 1.65 bits per heavy atom. The van der Waals surface area contributed by atoms with E-state index in [1.54, 1.807) is 18.2 Å². The van der Waals surface area contributed by atoms with Gasteiger partial charge in [0.15, 0.2) is 5.78 Å². The minimum absolute atomic E-state index is 0.164. The SMILES string of the molecule is O=C(c1ccc(F)cc1)c1ccc(I)c(Cl)c1. The van der Waals surface area contributed by atoms with Crippen LogP contribution in [-0.4, -0.2) is 5.78 Å². The number of rotatable bonds is 2. The molecule has 0 saturated heterocycles. The second kappa shape index (κ2) is 5.14. The third-order valence-electron chi connectivity index (χ3n) is 2.29. The van der Waals surface area contributed by atoms with Gasteiger partial charge in [0.2, 0.25) is 0 Å². The molecule has 0 heterocycles. The van der Waals surface area contributed by atoms with E-state index >= 15 is 0 Å². The van der Waals surface area contributed by atoms with Crippen molar-refractivity contribution < 1.29 is 9.18 Å². The molecule has 0 amide bonds. The van der Waals surface area contributed by atoms with Crippen LogP contribution in [0.5, 0.6) is 0 Å². The van der Waals surface area contributed by atoms with E-state index in [2.05, 4.69) is 22.6 Å². The van der Waals surface area contributed by atoms with Crippen molar-refractivity contribution in [2.75, 3.05) is 0 Å². The molecular formula is C13H7ClFIO. The van der Waals surface area contributed by atoms with Crippen LogP contribution >= 0.6 is 34.2 Å². The van der Waals surface area contributed by atoms with Crippen LogP contribution in [0.25, 0.3) is 0 Å². The number of carbonyl (C=O) groups excluding carboxylic acids is 1. The molecule has 0 aromatic heterocycles. The van der Waals surface area contributed by atoms with Crippen molar-refractivity contribution in [3.05, 3.63) is 68.0 Å². The third-order valence-corrected chi connectivity index (χ3v) is 3.86. The van der Waals surface area contributed by atoms with E-state index in [0.717, 1.165) is 3.57 Å². The topological polar surface area (TPSA) is 17.1 Å². The van der Waals surface area contributed by atoms with Gasteiger partial charge in [0.1, 0.15) is 5.82 Å². The third kappa shape index (κ3) is 2.84. The van der Waals surface area contributed by atoms with Gasteiger partial charge in [-0.3, -0.25) is 4.79 Å². The first-order chi connectivity index (χ1) is 8.08. The quantitative estimate of drug-likeness (QED) is 0.576. The normalized spacial score (nSPS) is 10.3. The van der Waals surface area contributed by atoms with E-state index in [-0.39, 0.29) is 11.6 Å². The molecule has 0 radical (unpaired) electrons. The number of benzene rings is 2. The van der Waals surface area contributed by atoms with Crippen LogP contribution in [0.2, 0.25) is 5.02 Å². The van der Waals surface area contributed by atoms with E-state index in [1.165, 1.54) is 24.3 Å². The molecule has 2 aromatic rings.